The van der Waals surface area contributed by atoms with E-state index in [0.29, 0.717) is 0 Å². The Morgan fingerprint density at radius 2 is 1.90 bits per heavy atom. The van der Waals surface area contributed by atoms with Crippen LogP contribution in [0.3, 0.4) is 0 Å². The second-order valence-corrected chi connectivity index (χ2v) is 4.37. The van der Waals surface area contributed by atoms with Gasteiger partial charge in [0.2, 0.25) is 0 Å². The molecule has 0 saturated heterocycles. The third kappa shape index (κ3) is 4.19. The largest absolute Gasteiger partial charge is 0.489 e. The van der Waals surface area contributed by atoms with Gasteiger partial charge in [0.1, 0.15) is 29.8 Å². The fraction of sp³-hybridized carbons (Fsp3) is 0.267. The van der Waals surface area contributed by atoms with E-state index in [4.69, 9.17) is 4.74 Å². The molecule has 5 heteroatoms. The van der Waals surface area contributed by atoms with Crippen molar-refractivity contribution in [3.8, 4) is 5.75 Å². The number of ether oxygens (including phenoxy) is 1. The molecule has 0 aliphatic carbocycles. The molecule has 1 aromatic carbocycles. The highest BCUT2D eigenvalue weighted by Gasteiger charge is 2.02. The van der Waals surface area contributed by atoms with Crippen molar-refractivity contribution in [2.75, 3.05) is 11.9 Å². The molecule has 0 aliphatic rings. The summed E-state index contributed by atoms with van der Waals surface area (Å²) in [4.78, 5) is 4.22. The summed E-state index contributed by atoms with van der Waals surface area (Å²) in [6.45, 7) is 3.16. The Kier molecular flexibility index (Phi) is 4.87. The van der Waals surface area contributed by atoms with Crippen LogP contribution in [0.25, 0.3) is 0 Å². The monoisotopic (exact) mass is 278 g/mol. The Bertz CT molecular complexity index is 538. The van der Waals surface area contributed by atoms with E-state index in [0.717, 1.165) is 42.5 Å². The first-order valence-electron chi connectivity index (χ1n) is 6.45. The fourth-order valence-corrected chi connectivity index (χ4v) is 1.65. The van der Waals surface area contributed by atoms with Gasteiger partial charge in [0, 0.05) is 36.5 Å². The molecule has 0 saturated carbocycles. The minimum atomic E-state index is -0.655. The number of nitrogens with zero attached hydrogens (tertiary/aromatic N) is 1. The zero-order valence-electron chi connectivity index (χ0n) is 11.2. The van der Waals surface area contributed by atoms with Gasteiger partial charge in [-0.2, -0.15) is 0 Å². The molecule has 0 atom stereocenters. The second kappa shape index (κ2) is 6.84. The molecule has 0 radical (unpaired) electrons. The van der Waals surface area contributed by atoms with Crippen LogP contribution >= 0.6 is 0 Å². The highest BCUT2D eigenvalue weighted by Crippen LogP contribution is 2.17. The zero-order valence-corrected chi connectivity index (χ0v) is 11.2. The summed E-state index contributed by atoms with van der Waals surface area (Å²) >= 11 is 0. The zero-order chi connectivity index (χ0) is 14.4. The lowest BCUT2D eigenvalue weighted by molar-refractivity contribution is 0.302. The first kappa shape index (κ1) is 14.2. The number of hydrogen-bond donors (Lipinski definition) is 1. The van der Waals surface area contributed by atoms with Gasteiger partial charge in [0.15, 0.2) is 0 Å². The van der Waals surface area contributed by atoms with E-state index in [2.05, 4.69) is 17.2 Å². The summed E-state index contributed by atoms with van der Waals surface area (Å²) in [5.41, 5.74) is 0.830. The molecule has 106 valence electrons. The van der Waals surface area contributed by atoms with Crippen molar-refractivity contribution < 1.29 is 13.5 Å². The molecule has 3 nitrogen and oxygen atoms in total. The smallest absolute Gasteiger partial charge is 0.129 e. The summed E-state index contributed by atoms with van der Waals surface area (Å²) in [5, 5.41) is 3.16. The summed E-state index contributed by atoms with van der Waals surface area (Å²) < 4.78 is 31.3. The molecule has 2 rings (SSSR count). The van der Waals surface area contributed by atoms with Crippen LogP contribution in [-0.2, 0) is 6.61 Å². The normalized spacial score (nSPS) is 10.3. The lowest BCUT2D eigenvalue weighted by atomic mass is 10.3. The van der Waals surface area contributed by atoms with Gasteiger partial charge in [-0.05, 0) is 12.5 Å². The van der Waals surface area contributed by atoms with Crippen LogP contribution in [-0.4, -0.2) is 11.5 Å². The Balaban J connectivity index is 1.93. The maximum Gasteiger partial charge on any atom is 0.129 e. The fourth-order valence-electron chi connectivity index (χ4n) is 1.65. The summed E-state index contributed by atoms with van der Waals surface area (Å²) in [5.74, 6) is -0.349. The molecular weight excluding hydrogens is 262 g/mol. The molecule has 1 heterocycles. The molecule has 20 heavy (non-hydrogen) atoms. The molecular formula is C15H16F2N2O. The van der Waals surface area contributed by atoms with E-state index >= 15 is 0 Å². The summed E-state index contributed by atoms with van der Waals surface area (Å²) in [6, 6.07) is 6.81. The van der Waals surface area contributed by atoms with Crippen LogP contribution in [0.15, 0.2) is 36.5 Å². The van der Waals surface area contributed by atoms with Gasteiger partial charge in [-0.1, -0.05) is 13.0 Å². The molecule has 2 aromatic rings. The van der Waals surface area contributed by atoms with Crippen molar-refractivity contribution in [1.29, 1.82) is 0 Å². The van der Waals surface area contributed by atoms with Crippen LogP contribution in [0, 0.1) is 11.6 Å². The SMILES string of the molecule is CCCNc1ccc(COc2cc(F)cc(F)c2)cn1. The third-order valence-electron chi connectivity index (χ3n) is 2.62. The van der Waals surface area contributed by atoms with Crippen molar-refractivity contribution in [2.45, 2.75) is 20.0 Å². The maximum absolute atomic E-state index is 13.0. The van der Waals surface area contributed by atoms with Crippen LogP contribution in [0.4, 0.5) is 14.6 Å². The first-order chi connectivity index (χ1) is 9.67. The van der Waals surface area contributed by atoms with E-state index in [-0.39, 0.29) is 12.4 Å². The average molecular weight is 278 g/mol. The highest BCUT2D eigenvalue weighted by molar-refractivity contribution is 5.35. The van der Waals surface area contributed by atoms with Gasteiger partial charge in [0.25, 0.3) is 0 Å². The summed E-state index contributed by atoms with van der Waals surface area (Å²) in [6.07, 6.45) is 2.70. The number of aromatic nitrogens is 1. The van der Waals surface area contributed by atoms with Crippen LogP contribution in [0.2, 0.25) is 0 Å². The predicted molar refractivity (Wildman–Crippen MR) is 73.7 cm³/mol. The molecule has 1 aromatic heterocycles. The van der Waals surface area contributed by atoms with Gasteiger partial charge in [-0.25, -0.2) is 13.8 Å². The number of pyridine rings is 1. The Labute approximate surface area is 116 Å². The van der Waals surface area contributed by atoms with Gasteiger partial charge >= 0.3 is 0 Å². The first-order valence-corrected chi connectivity index (χ1v) is 6.45. The van der Waals surface area contributed by atoms with Crippen molar-refractivity contribution >= 4 is 5.82 Å². The predicted octanol–water partition coefficient (Wildman–Crippen LogP) is 3.76. The number of halogens is 2. The van der Waals surface area contributed by atoms with Crippen LogP contribution in [0.1, 0.15) is 18.9 Å². The quantitative estimate of drug-likeness (QED) is 0.873. The number of nitrogens with one attached hydrogen (secondary N) is 1. The average Bonchev–Trinajstić information content (AvgIpc) is 2.43. The molecule has 0 amide bonds. The lowest BCUT2D eigenvalue weighted by Gasteiger charge is -2.08. The highest BCUT2D eigenvalue weighted by atomic mass is 19.1. The lowest BCUT2D eigenvalue weighted by Crippen LogP contribution is -2.03. The van der Waals surface area contributed by atoms with Gasteiger partial charge in [0.05, 0.1) is 0 Å². The van der Waals surface area contributed by atoms with Crippen LogP contribution in [0.5, 0.6) is 5.75 Å². The summed E-state index contributed by atoms with van der Waals surface area (Å²) in [7, 11) is 0. The third-order valence-corrected chi connectivity index (χ3v) is 2.62. The van der Waals surface area contributed by atoms with Crippen LogP contribution < -0.4 is 10.1 Å². The standard InChI is InChI=1S/C15H16F2N2O/c1-2-5-18-15-4-3-11(9-19-15)10-20-14-7-12(16)6-13(17)8-14/h3-4,6-9H,2,5,10H2,1H3,(H,18,19). The number of benzene rings is 1. The van der Waals surface area contributed by atoms with Crippen molar-refractivity contribution in [1.82, 2.24) is 4.98 Å². The molecule has 0 aliphatic heterocycles. The van der Waals surface area contributed by atoms with E-state index in [1.54, 1.807) is 6.20 Å². The molecule has 0 unspecified atom stereocenters. The maximum atomic E-state index is 13.0. The van der Waals surface area contributed by atoms with Crippen molar-refractivity contribution in [3.05, 3.63) is 53.7 Å². The molecule has 1 N–H and O–H groups in total. The van der Waals surface area contributed by atoms with E-state index in [9.17, 15) is 8.78 Å². The number of hydrogen-bond acceptors (Lipinski definition) is 3. The van der Waals surface area contributed by atoms with E-state index in [1.165, 1.54) is 0 Å². The molecule has 0 spiro atoms. The Morgan fingerprint density at radius 3 is 2.50 bits per heavy atom. The minimum absolute atomic E-state index is 0.163. The second-order valence-electron chi connectivity index (χ2n) is 4.37. The van der Waals surface area contributed by atoms with E-state index in [1.807, 2.05) is 12.1 Å². The van der Waals surface area contributed by atoms with Crippen molar-refractivity contribution in [2.24, 2.45) is 0 Å². The minimum Gasteiger partial charge on any atom is -0.489 e. The molecule has 0 bridgehead atoms. The number of rotatable bonds is 6. The Morgan fingerprint density at radius 1 is 1.15 bits per heavy atom. The van der Waals surface area contributed by atoms with E-state index < -0.39 is 11.6 Å². The number of anilines is 1. The van der Waals surface area contributed by atoms with Crippen molar-refractivity contribution in [3.63, 3.8) is 0 Å². The Hall–Kier alpha value is -2.17. The molecule has 0 fully saturated rings. The van der Waals surface area contributed by atoms with Gasteiger partial charge < -0.3 is 10.1 Å². The van der Waals surface area contributed by atoms with Gasteiger partial charge in [-0.15, -0.1) is 0 Å². The topological polar surface area (TPSA) is 34.1 Å². The van der Waals surface area contributed by atoms with Gasteiger partial charge in [-0.3, -0.25) is 0 Å².